The van der Waals surface area contributed by atoms with Crippen LogP contribution in [0.2, 0.25) is 13.1 Å². The van der Waals surface area contributed by atoms with Crippen LogP contribution in [0.3, 0.4) is 0 Å². The van der Waals surface area contributed by atoms with Crippen molar-refractivity contribution in [1.82, 2.24) is 0 Å². The van der Waals surface area contributed by atoms with Crippen molar-refractivity contribution in [3.63, 3.8) is 0 Å². The second-order valence-electron chi connectivity index (χ2n) is 9.95. The van der Waals surface area contributed by atoms with Gasteiger partial charge in [0.25, 0.3) is 0 Å². The van der Waals surface area contributed by atoms with E-state index in [0.717, 1.165) is 0 Å². The molecule has 2 atom stereocenters. The van der Waals surface area contributed by atoms with Crippen molar-refractivity contribution in [1.29, 1.82) is 0 Å². The summed E-state index contributed by atoms with van der Waals surface area (Å²) in [6.45, 7) is 4.78. The summed E-state index contributed by atoms with van der Waals surface area (Å²) in [7, 11) is -5.39. The zero-order chi connectivity index (χ0) is 25.3. The molecular weight excluding hydrogens is 481 g/mol. The molecule has 6 rings (SSSR count). The van der Waals surface area contributed by atoms with Gasteiger partial charge < -0.3 is 4.12 Å². The molecule has 6 aromatic carbocycles. The summed E-state index contributed by atoms with van der Waals surface area (Å²) in [4.78, 5) is 0. The Morgan fingerprint density at radius 1 is 0.378 bits per heavy atom. The van der Waals surface area contributed by atoms with Gasteiger partial charge in [-0.1, -0.05) is 146 Å². The van der Waals surface area contributed by atoms with Crippen molar-refractivity contribution >= 4 is 58.9 Å². The summed E-state index contributed by atoms with van der Waals surface area (Å²) in [5.41, 5.74) is 0. The van der Waals surface area contributed by atoms with Gasteiger partial charge in [-0.2, -0.15) is 0 Å². The molecule has 0 amide bonds. The van der Waals surface area contributed by atoms with Gasteiger partial charge in [0.1, 0.15) is 0 Å². The van der Waals surface area contributed by atoms with Crippen molar-refractivity contribution in [2.45, 2.75) is 13.1 Å². The third-order valence-electron chi connectivity index (χ3n) is 7.66. The Hall–Kier alpha value is -3.77. The second kappa shape index (κ2) is 9.60. The summed E-state index contributed by atoms with van der Waals surface area (Å²) in [5.74, 6) is 0. The normalized spacial score (nSPS) is 14.8. The molecular formula is C34H30OSi2. The minimum absolute atomic E-state index is 1.26. The highest BCUT2D eigenvalue weighted by atomic mass is 28.4. The van der Waals surface area contributed by atoms with Crippen LogP contribution in [0.15, 0.2) is 146 Å². The van der Waals surface area contributed by atoms with E-state index in [1.165, 1.54) is 42.3 Å². The molecule has 0 spiro atoms. The first kappa shape index (κ1) is 23.6. The molecule has 180 valence electrons. The van der Waals surface area contributed by atoms with Crippen LogP contribution < -0.4 is 20.7 Å². The van der Waals surface area contributed by atoms with E-state index in [2.05, 4.69) is 159 Å². The number of fused-ring (bicyclic) bond motifs is 2. The first-order valence-electron chi connectivity index (χ1n) is 12.9. The molecule has 0 saturated heterocycles. The standard InChI is InChI=1S/C34H30OSi2/c1-36(29-19-5-3-6-20-29,33-25-13-17-27-15-9-11-23-31(27)33)35-37(2,30-21-7-4-8-22-30)34-26-14-18-28-16-10-12-24-32(28)34/h3-26H,1-2H3/t36-,37-/m0/s1. The van der Waals surface area contributed by atoms with Gasteiger partial charge in [-0.15, -0.1) is 0 Å². The first-order chi connectivity index (χ1) is 18.1. The van der Waals surface area contributed by atoms with Gasteiger partial charge in [0.15, 0.2) is 0 Å². The molecule has 0 radical (unpaired) electrons. The first-order valence-corrected chi connectivity index (χ1v) is 17.7. The van der Waals surface area contributed by atoms with E-state index in [-0.39, 0.29) is 0 Å². The lowest BCUT2D eigenvalue weighted by molar-refractivity contribution is 0.588. The van der Waals surface area contributed by atoms with E-state index in [9.17, 15) is 0 Å². The predicted molar refractivity (Wildman–Crippen MR) is 164 cm³/mol. The summed E-state index contributed by atoms with van der Waals surface area (Å²) in [5, 5.41) is 10.3. The molecule has 1 nitrogen and oxygen atoms in total. The lowest BCUT2D eigenvalue weighted by Gasteiger charge is -2.40. The van der Waals surface area contributed by atoms with E-state index < -0.39 is 16.6 Å². The van der Waals surface area contributed by atoms with Crippen molar-refractivity contribution in [2.75, 3.05) is 0 Å². The Labute approximate surface area is 221 Å². The maximum Gasteiger partial charge on any atom is 0.242 e. The van der Waals surface area contributed by atoms with Gasteiger partial charge in [-0.25, -0.2) is 0 Å². The lowest BCUT2D eigenvalue weighted by Crippen LogP contribution is -2.70. The third kappa shape index (κ3) is 4.15. The minimum Gasteiger partial charge on any atom is -0.442 e. The summed E-state index contributed by atoms with van der Waals surface area (Å²) < 4.78 is 7.86. The quantitative estimate of drug-likeness (QED) is 0.247. The topological polar surface area (TPSA) is 9.23 Å². The molecule has 0 bridgehead atoms. The highest BCUT2D eigenvalue weighted by Crippen LogP contribution is 2.23. The van der Waals surface area contributed by atoms with E-state index in [1.54, 1.807) is 0 Å². The fourth-order valence-electron chi connectivity index (χ4n) is 5.74. The molecule has 6 aromatic rings. The average molecular weight is 511 g/mol. The van der Waals surface area contributed by atoms with Gasteiger partial charge in [0.2, 0.25) is 16.6 Å². The van der Waals surface area contributed by atoms with E-state index >= 15 is 0 Å². The van der Waals surface area contributed by atoms with E-state index in [0.29, 0.717) is 0 Å². The van der Waals surface area contributed by atoms with Crippen LogP contribution in [-0.2, 0) is 4.12 Å². The Balaban J connectivity index is 1.65. The number of hydrogen-bond donors (Lipinski definition) is 0. The molecule has 0 aromatic heterocycles. The summed E-state index contributed by atoms with van der Waals surface area (Å²) >= 11 is 0. The van der Waals surface area contributed by atoms with Crippen LogP contribution in [0.4, 0.5) is 0 Å². The smallest absolute Gasteiger partial charge is 0.242 e. The molecule has 0 saturated carbocycles. The van der Waals surface area contributed by atoms with Crippen molar-refractivity contribution < 1.29 is 4.12 Å². The number of rotatable bonds is 6. The largest absolute Gasteiger partial charge is 0.442 e. The Morgan fingerprint density at radius 3 is 1.16 bits per heavy atom. The highest BCUT2D eigenvalue weighted by Gasteiger charge is 2.46. The maximum atomic E-state index is 7.86. The Morgan fingerprint density at radius 2 is 0.730 bits per heavy atom. The molecule has 0 aliphatic carbocycles. The van der Waals surface area contributed by atoms with Crippen molar-refractivity contribution in [3.05, 3.63) is 146 Å². The molecule has 3 heteroatoms. The van der Waals surface area contributed by atoms with Crippen LogP contribution in [0.1, 0.15) is 0 Å². The third-order valence-corrected chi connectivity index (χ3v) is 16.7. The van der Waals surface area contributed by atoms with Gasteiger partial charge in [0, 0.05) is 0 Å². The molecule has 0 N–H and O–H groups in total. The van der Waals surface area contributed by atoms with Crippen LogP contribution in [0.5, 0.6) is 0 Å². The molecule has 0 unspecified atom stereocenters. The van der Waals surface area contributed by atoms with Crippen LogP contribution in [0.25, 0.3) is 21.5 Å². The highest BCUT2D eigenvalue weighted by molar-refractivity contribution is 7.09. The zero-order valence-corrected chi connectivity index (χ0v) is 23.3. The molecule has 0 aliphatic heterocycles. The van der Waals surface area contributed by atoms with Gasteiger partial charge >= 0.3 is 0 Å². The maximum absolute atomic E-state index is 7.86. The molecule has 0 aliphatic rings. The zero-order valence-electron chi connectivity index (χ0n) is 21.3. The summed E-state index contributed by atoms with van der Waals surface area (Å²) in [6.07, 6.45) is 0. The number of hydrogen-bond acceptors (Lipinski definition) is 1. The molecule has 0 fully saturated rings. The minimum atomic E-state index is -2.69. The van der Waals surface area contributed by atoms with Crippen molar-refractivity contribution in [2.24, 2.45) is 0 Å². The van der Waals surface area contributed by atoms with Crippen LogP contribution >= 0.6 is 0 Å². The number of benzene rings is 6. The SMILES string of the molecule is C[Si@](O[Si@@](C)(c1ccccc1)c1cccc2ccccc12)(c1ccccc1)c1cccc2ccccc12. The van der Waals surface area contributed by atoms with Gasteiger partial charge in [-0.3, -0.25) is 0 Å². The molecule has 0 heterocycles. The van der Waals surface area contributed by atoms with E-state index in [1.807, 2.05) is 0 Å². The summed E-state index contributed by atoms with van der Waals surface area (Å²) in [6, 6.07) is 52.6. The second-order valence-corrected chi connectivity index (χ2v) is 17.1. The van der Waals surface area contributed by atoms with E-state index in [4.69, 9.17) is 4.12 Å². The molecule has 37 heavy (non-hydrogen) atoms. The fraction of sp³-hybridized carbons (Fsp3) is 0.0588. The lowest BCUT2D eigenvalue weighted by atomic mass is 10.1. The van der Waals surface area contributed by atoms with Crippen LogP contribution in [-0.4, -0.2) is 16.6 Å². The average Bonchev–Trinajstić information content (AvgIpc) is 2.97. The Bertz CT molecular complexity index is 1550. The van der Waals surface area contributed by atoms with Gasteiger partial charge in [-0.05, 0) is 55.4 Å². The van der Waals surface area contributed by atoms with Gasteiger partial charge in [0.05, 0.1) is 0 Å². The van der Waals surface area contributed by atoms with Crippen LogP contribution in [0, 0.1) is 0 Å². The van der Waals surface area contributed by atoms with Crippen molar-refractivity contribution in [3.8, 4) is 0 Å². The fourth-order valence-corrected chi connectivity index (χ4v) is 15.4. The Kier molecular flexibility index (Phi) is 6.13. The monoisotopic (exact) mass is 510 g/mol. The predicted octanol–water partition coefficient (Wildman–Crippen LogP) is 6.09.